The maximum atomic E-state index is 12.0. The number of sulfonamides is 1. The zero-order valence-corrected chi connectivity index (χ0v) is 13.4. The van der Waals surface area contributed by atoms with Crippen LogP contribution in [0.5, 0.6) is 0 Å². The van der Waals surface area contributed by atoms with Gasteiger partial charge in [0.15, 0.2) is 0 Å². The first kappa shape index (κ1) is 16.3. The molecule has 1 aliphatic rings. The normalized spacial score (nSPS) is 16.1. The zero-order valence-electron chi connectivity index (χ0n) is 11.9. The minimum Gasteiger partial charge on any atom is -0.325 e. The van der Waals surface area contributed by atoms with Crippen molar-refractivity contribution in [3.05, 3.63) is 22.7 Å². The van der Waals surface area contributed by atoms with Gasteiger partial charge in [-0.05, 0) is 43.4 Å². The van der Waals surface area contributed by atoms with Crippen molar-refractivity contribution in [1.29, 1.82) is 0 Å². The fraction of sp³-hybridized carbons (Fsp3) is 0.500. The summed E-state index contributed by atoms with van der Waals surface area (Å²) < 4.78 is 22.7. The van der Waals surface area contributed by atoms with E-state index < -0.39 is 10.0 Å². The SMILES string of the molecule is Cc1cc(S(N)(=O)=O)cc(Cl)c1NC(=O)CC1CCCC1. The average molecular weight is 331 g/mol. The second-order valence-electron chi connectivity index (χ2n) is 5.54. The number of primary sulfonamides is 1. The third-order valence-corrected chi connectivity index (χ3v) is 4.99. The molecule has 1 aromatic carbocycles. The summed E-state index contributed by atoms with van der Waals surface area (Å²) in [5.74, 6) is 0.350. The van der Waals surface area contributed by atoms with E-state index in [0.717, 1.165) is 12.8 Å². The lowest BCUT2D eigenvalue weighted by Gasteiger charge is -2.14. The summed E-state index contributed by atoms with van der Waals surface area (Å²) in [6.45, 7) is 1.69. The molecule has 0 heterocycles. The monoisotopic (exact) mass is 330 g/mol. The molecule has 21 heavy (non-hydrogen) atoms. The van der Waals surface area contributed by atoms with Crippen LogP contribution in [0, 0.1) is 12.8 Å². The van der Waals surface area contributed by atoms with Gasteiger partial charge in [-0.2, -0.15) is 0 Å². The number of aryl methyl sites for hydroxylation is 1. The van der Waals surface area contributed by atoms with E-state index in [-0.39, 0.29) is 15.8 Å². The third-order valence-electron chi connectivity index (χ3n) is 3.80. The Morgan fingerprint density at radius 3 is 2.52 bits per heavy atom. The average Bonchev–Trinajstić information content (AvgIpc) is 2.85. The van der Waals surface area contributed by atoms with Gasteiger partial charge in [0.1, 0.15) is 0 Å². The van der Waals surface area contributed by atoms with Crippen LogP contribution >= 0.6 is 11.6 Å². The molecule has 1 amide bonds. The predicted octanol–water partition coefficient (Wildman–Crippen LogP) is 2.81. The van der Waals surface area contributed by atoms with Crippen molar-refractivity contribution in [1.82, 2.24) is 0 Å². The van der Waals surface area contributed by atoms with Gasteiger partial charge in [-0.1, -0.05) is 24.4 Å². The van der Waals surface area contributed by atoms with Crippen LogP contribution in [-0.4, -0.2) is 14.3 Å². The molecule has 0 saturated heterocycles. The topological polar surface area (TPSA) is 89.3 Å². The Balaban J connectivity index is 2.14. The first-order chi connectivity index (χ1) is 9.77. The molecule has 7 heteroatoms. The van der Waals surface area contributed by atoms with Crippen molar-refractivity contribution < 1.29 is 13.2 Å². The third kappa shape index (κ3) is 4.18. The second-order valence-corrected chi connectivity index (χ2v) is 7.51. The molecule has 1 aromatic rings. The Morgan fingerprint density at radius 2 is 2.00 bits per heavy atom. The maximum absolute atomic E-state index is 12.0. The second kappa shape index (κ2) is 6.34. The number of anilines is 1. The molecule has 5 nitrogen and oxygen atoms in total. The molecule has 0 bridgehead atoms. The van der Waals surface area contributed by atoms with Gasteiger partial charge >= 0.3 is 0 Å². The minimum absolute atomic E-state index is 0.0567. The highest BCUT2D eigenvalue weighted by Gasteiger charge is 2.20. The summed E-state index contributed by atoms with van der Waals surface area (Å²) in [6.07, 6.45) is 5.02. The zero-order chi connectivity index (χ0) is 15.6. The summed E-state index contributed by atoms with van der Waals surface area (Å²) in [6, 6.07) is 2.67. The summed E-state index contributed by atoms with van der Waals surface area (Å²) in [7, 11) is -3.81. The van der Waals surface area contributed by atoms with Gasteiger partial charge in [0.2, 0.25) is 15.9 Å². The highest BCUT2D eigenvalue weighted by atomic mass is 35.5. The molecule has 2 rings (SSSR count). The highest BCUT2D eigenvalue weighted by Crippen LogP contribution is 2.31. The van der Waals surface area contributed by atoms with Crippen molar-refractivity contribution in [3.8, 4) is 0 Å². The largest absolute Gasteiger partial charge is 0.325 e. The lowest BCUT2D eigenvalue weighted by molar-refractivity contribution is -0.117. The quantitative estimate of drug-likeness (QED) is 0.889. The smallest absolute Gasteiger partial charge is 0.238 e. The van der Waals surface area contributed by atoms with Crippen molar-refractivity contribution >= 4 is 33.2 Å². The number of halogens is 1. The summed E-state index contributed by atoms with van der Waals surface area (Å²) in [5, 5.41) is 8.04. The van der Waals surface area contributed by atoms with E-state index in [2.05, 4.69) is 5.32 Å². The molecule has 0 atom stereocenters. The van der Waals surface area contributed by atoms with E-state index >= 15 is 0 Å². The number of carbonyl (C=O) groups excluding carboxylic acids is 1. The molecule has 0 spiro atoms. The van der Waals surface area contributed by atoms with Gasteiger partial charge in [-0.25, -0.2) is 13.6 Å². The Bertz CT molecular complexity index is 629. The molecule has 1 saturated carbocycles. The van der Waals surface area contributed by atoms with Crippen LogP contribution < -0.4 is 10.5 Å². The van der Waals surface area contributed by atoms with Gasteiger partial charge in [0.25, 0.3) is 0 Å². The number of carbonyl (C=O) groups is 1. The number of nitrogens with one attached hydrogen (secondary N) is 1. The van der Waals surface area contributed by atoms with E-state index in [1.54, 1.807) is 6.92 Å². The minimum atomic E-state index is -3.81. The fourth-order valence-corrected chi connectivity index (χ4v) is 3.70. The van der Waals surface area contributed by atoms with Crippen molar-refractivity contribution in [2.24, 2.45) is 11.1 Å². The van der Waals surface area contributed by atoms with E-state index in [4.69, 9.17) is 16.7 Å². The van der Waals surface area contributed by atoms with Crippen LogP contribution in [0.25, 0.3) is 0 Å². The number of amides is 1. The van der Waals surface area contributed by atoms with Gasteiger partial charge in [0, 0.05) is 6.42 Å². The molecule has 3 N–H and O–H groups in total. The Labute approximate surface area is 129 Å². The van der Waals surface area contributed by atoms with E-state index in [9.17, 15) is 13.2 Å². The van der Waals surface area contributed by atoms with Crippen LogP contribution in [0.4, 0.5) is 5.69 Å². The maximum Gasteiger partial charge on any atom is 0.238 e. The molecule has 0 radical (unpaired) electrons. The first-order valence-electron chi connectivity index (χ1n) is 6.90. The molecular weight excluding hydrogens is 312 g/mol. The Hall–Kier alpha value is -1.11. The van der Waals surface area contributed by atoms with Crippen molar-refractivity contribution in [2.75, 3.05) is 5.32 Å². The van der Waals surface area contributed by atoms with E-state index in [0.29, 0.717) is 23.6 Å². The summed E-state index contributed by atoms with van der Waals surface area (Å²) >= 11 is 6.07. The Morgan fingerprint density at radius 1 is 1.38 bits per heavy atom. The number of benzene rings is 1. The number of hydrogen-bond acceptors (Lipinski definition) is 3. The molecule has 1 fully saturated rings. The lowest BCUT2D eigenvalue weighted by Crippen LogP contribution is -2.17. The van der Waals surface area contributed by atoms with Crippen molar-refractivity contribution in [3.63, 3.8) is 0 Å². The lowest BCUT2D eigenvalue weighted by atomic mass is 10.0. The molecule has 0 unspecified atom stereocenters. The van der Waals surface area contributed by atoms with Crippen LogP contribution in [0.15, 0.2) is 17.0 Å². The van der Waals surface area contributed by atoms with Crippen LogP contribution in [0.2, 0.25) is 5.02 Å². The van der Waals surface area contributed by atoms with E-state index in [1.807, 2.05) is 0 Å². The van der Waals surface area contributed by atoms with Gasteiger partial charge < -0.3 is 5.32 Å². The number of hydrogen-bond donors (Lipinski definition) is 2. The van der Waals surface area contributed by atoms with Crippen LogP contribution in [0.3, 0.4) is 0 Å². The van der Waals surface area contributed by atoms with Crippen LogP contribution in [-0.2, 0) is 14.8 Å². The molecule has 1 aliphatic carbocycles. The first-order valence-corrected chi connectivity index (χ1v) is 8.82. The van der Waals surface area contributed by atoms with Gasteiger partial charge in [0.05, 0.1) is 15.6 Å². The van der Waals surface area contributed by atoms with Crippen LogP contribution in [0.1, 0.15) is 37.7 Å². The Kier molecular flexibility index (Phi) is 4.91. The standard InChI is InChI=1S/C14H19ClN2O3S/c1-9-6-11(21(16,19)20)8-12(15)14(9)17-13(18)7-10-4-2-3-5-10/h6,8,10H,2-5,7H2,1H3,(H,17,18)(H2,16,19,20). The molecular formula is C14H19ClN2O3S. The summed E-state index contributed by atoms with van der Waals surface area (Å²) in [5.41, 5.74) is 1.03. The number of rotatable bonds is 4. The number of nitrogens with two attached hydrogens (primary N) is 1. The summed E-state index contributed by atoms with van der Waals surface area (Å²) in [4.78, 5) is 12.0. The van der Waals surface area contributed by atoms with Crippen molar-refractivity contribution in [2.45, 2.75) is 43.9 Å². The molecule has 116 valence electrons. The predicted molar refractivity (Wildman–Crippen MR) is 82.8 cm³/mol. The van der Waals surface area contributed by atoms with E-state index in [1.165, 1.54) is 25.0 Å². The van der Waals surface area contributed by atoms with Gasteiger partial charge in [-0.15, -0.1) is 0 Å². The molecule has 0 aromatic heterocycles. The fourth-order valence-electron chi connectivity index (χ4n) is 2.70. The molecule has 0 aliphatic heterocycles. The highest BCUT2D eigenvalue weighted by molar-refractivity contribution is 7.89. The van der Waals surface area contributed by atoms with Gasteiger partial charge in [-0.3, -0.25) is 4.79 Å².